The molecule has 0 fully saturated rings. The zero-order chi connectivity index (χ0) is 16.2. The average molecular weight is 344 g/mol. The molecule has 0 bridgehead atoms. The third kappa shape index (κ3) is 3.62. The van der Waals surface area contributed by atoms with Gasteiger partial charge in [-0.3, -0.25) is 4.79 Å². The third-order valence-corrected chi connectivity index (χ3v) is 5.26. The Bertz CT molecular complexity index is 797. The monoisotopic (exact) mass is 344 g/mol. The lowest BCUT2D eigenvalue weighted by atomic mass is 10.3. The molecule has 0 radical (unpaired) electrons. The summed E-state index contributed by atoms with van der Waals surface area (Å²) in [6.45, 7) is 3.85. The number of rotatable bonds is 5. The van der Waals surface area contributed by atoms with E-state index in [1.807, 2.05) is 54.2 Å². The van der Waals surface area contributed by atoms with Crippen LogP contribution in [0.3, 0.4) is 0 Å². The lowest BCUT2D eigenvalue weighted by Gasteiger charge is -2.06. The molecule has 0 unspecified atom stereocenters. The van der Waals surface area contributed by atoms with E-state index in [-0.39, 0.29) is 5.91 Å². The molecule has 0 saturated heterocycles. The number of benzene rings is 1. The number of hydrogen-bond donors (Lipinski definition) is 1. The first kappa shape index (κ1) is 15.8. The molecule has 23 heavy (non-hydrogen) atoms. The fourth-order valence-corrected chi connectivity index (χ4v) is 3.67. The Morgan fingerprint density at radius 3 is 2.78 bits per heavy atom. The maximum absolute atomic E-state index is 12.2. The van der Waals surface area contributed by atoms with Crippen molar-refractivity contribution in [1.29, 1.82) is 0 Å². The Morgan fingerprint density at radius 2 is 2.09 bits per heavy atom. The molecule has 7 heteroatoms. The summed E-state index contributed by atoms with van der Waals surface area (Å²) in [5, 5.41) is 9.39. The average Bonchev–Trinajstić information content (AvgIpc) is 3.17. The smallest absolute Gasteiger partial charge is 0.234 e. The van der Waals surface area contributed by atoms with Crippen LogP contribution in [0.5, 0.6) is 0 Å². The first-order valence-corrected chi connectivity index (χ1v) is 8.95. The highest BCUT2D eigenvalue weighted by molar-refractivity contribution is 8.01. The van der Waals surface area contributed by atoms with Gasteiger partial charge in [0.1, 0.15) is 4.34 Å². The van der Waals surface area contributed by atoms with Gasteiger partial charge in [0.25, 0.3) is 0 Å². The third-order valence-electron chi connectivity index (χ3n) is 3.29. The van der Waals surface area contributed by atoms with E-state index in [1.165, 1.54) is 23.1 Å². The molecule has 0 atom stereocenters. The Morgan fingerprint density at radius 1 is 1.30 bits per heavy atom. The standard InChI is InChI=1S/C16H16N4OS2/c1-11-15(18-14(21)10-23-16-17-8-9-22-16)12(2)20(19-11)13-6-4-3-5-7-13/h3-9H,10H2,1-2H3,(H,18,21). The second-order valence-electron chi connectivity index (χ2n) is 4.93. The summed E-state index contributed by atoms with van der Waals surface area (Å²) in [5.74, 6) is 0.284. The van der Waals surface area contributed by atoms with E-state index < -0.39 is 0 Å². The van der Waals surface area contributed by atoms with Gasteiger partial charge in [-0.2, -0.15) is 5.10 Å². The lowest BCUT2D eigenvalue weighted by Crippen LogP contribution is -2.15. The van der Waals surface area contributed by atoms with E-state index in [0.29, 0.717) is 5.75 Å². The van der Waals surface area contributed by atoms with E-state index in [9.17, 15) is 4.79 Å². The van der Waals surface area contributed by atoms with Crippen molar-refractivity contribution in [2.24, 2.45) is 0 Å². The molecule has 1 N–H and O–H groups in total. The van der Waals surface area contributed by atoms with Crippen molar-refractivity contribution in [3.63, 3.8) is 0 Å². The van der Waals surface area contributed by atoms with E-state index >= 15 is 0 Å². The van der Waals surface area contributed by atoms with Gasteiger partial charge in [0.05, 0.1) is 28.5 Å². The molecule has 2 heterocycles. The number of carbonyl (C=O) groups is 1. The van der Waals surface area contributed by atoms with Crippen LogP contribution in [0, 0.1) is 13.8 Å². The number of amides is 1. The predicted octanol–water partition coefficient (Wildman–Crippen LogP) is 3.68. The lowest BCUT2D eigenvalue weighted by molar-refractivity contribution is -0.113. The van der Waals surface area contributed by atoms with E-state index in [0.717, 1.165) is 27.1 Å². The SMILES string of the molecule is Cc1nn(-c2ccccc2)c(C)c1NC(=O)CSc1nccs1. The minimum atomic E-state index is -0.0518. The van der Waals surface area contributed by atoms with Gasteiger partial charge in [0.15, 0.2) is 0 Å². The van der Waals surface area contributed by atoms with Crippen LogP contribution in [-0.4, -0.2) is 26.4 Å². The molecule has 3 rings (SSSR count). The number of nitrogens with zero attached hydrogens (tertiary/aromatic N) is 3. The molecule has 3 aromatic rings. The zero-order valence-electron chi connectivity index (χ0n) is 12.8. The maximum atomic E-state index is 12.2. The summed E-state index contributed by atoms with van der Waals surface area (Å²) in [5.41, 5.74) is 3.48. The number of thiazole rings is 1. The number of anilines is 1. The van der Waals surface area contributed by atoms with Gasteiger partial charge in [-0.15, -0.1) is 11.3 Å². The number of nitrogens with one attached hydrogen (secondary N) is 1. The molecule has 5 nitrogen and oxygen atoms in total. The van der Waals surface area contributed by atoms with Crippen molar-refractivity contribution in [2.45, 2.75) is 18.2 Å². The van der Waals surface area contributed by atoms with Crippen molar-refractivity contribution >= 4 is 34.7 Å². The first-order valence-electron chi connectivity index (χ1n) is 7.09. The molecule has 2 aromatic heterocycles. The Kier molecular flexibility index (Phi) is 4.78. The summed E-state index contributed by atoms with van der Waals surface area (Å²) in [7, 11) is 0. The van der Waals surface area contributed by atoms with E-state index in [2.05, 4.69) is 15.4 Å². The van der Waals surface area contributed by atoms with E-state index in [1.54, 1.807) is 6.20 Å². The van der Waals surface area contributed by atoms with Gasteiger partial charge in [-0.1, -0.05) is 30.0 Å². The van der Waals surface area contributed by atoms with Crippen LogP contribution < -0.4 is 5.32 Å². The normalized spacial score (nSPS) is 10.7. The fourth-order valence-electron chi connectivity index (χ4n) is 2.23. The molecular formula is C16H16N4OS2. The molecule has 1 aromatic carbocycles. The van der Waals surface area contributed by atoms with Gasteiger partial charge in [-0.05, 0) is 26.0 Å². The number of para-hydroxylation sites is 1. The van der Waals surface area contributed by atoms with Crippen molar-refractivity contribution < 1.29 is 4.79 Å². The predicted molar refractivity (Wildman–Crippen MR) is 94.5 cm³/mol. The first-order chi connectivity index (χ1) is 11.1. The maximum Gasteiger partial charge on any atom is 0.234 e. The van der Waals surface area contributed by atoms with Crippen molar-refractivity contribution in [1.82, 2.24) is 14.8 Å². The number of hydrogen-bond acceptors (Lipinski definition) is 5. The number of thioether (sulfide) groups is 1. The number of aryl methyl sites for hydroxylation is 1. The number of carbonyl (C=O) groups excluding carboxylic acids is 1. The highest BCUT2D eigenvalue weighted by Crippen LogP contribution is 2.24. The van der Waals surface area contributed by atoms with Crippen LogP contribution in [0.15, 0.2) is 46.2 Å². The number of aromatic nitrogens is 3. The van der Waals surface area contributed by atoms with Gasteiger partial charge >= 0.3 is 0 Å². The second kappa shape index (κ2) is 6.97. The van der Waals surface area contributed by atoms with Crippen molar-refractivity contribution in [2.75, 3.05) is 11.1 Å². The fraction of sp³-hybridized carbons (Fsp3) is 0.188. The highest BCUT2D eigenvalue weighted by atomic mass is 32.2. The van der Waals surface area contributed by atoms with Gasteiger partial charge in [0.2, 0.25) is 5.91 Å². The van der Waals surface area contributed by atoms with Crippen LogP contribution in [-0.2, 0) is 4.79 Å². The molecular weight excluding hydrogens is 328 g/mol. The van der Waals surface area contributed by atoms with Crippen LogP contribution >= 0.6 is 23.1 Å². The zero-order valence-corrected chi connectivity index (χ0v) is 14.4. The quantitative estimate of drug-likeness (QED) is 0.717. The van der Waals surface area contributed by atoms with Crippen LogP contribution in [0.25, 0.3) is 5.69 Å². The largest absolute Gasteiger partial charge is 0.322 e. The van der Waals surface area contributed by atoms with E-state index in [4.69, 9.17) is 0 Å². The summed E-state index contributed by atoms with van der Waals surface area (Å²) in [6.07, 6.45) is 1.74. The molecule has 0 spiro atoms. The van der Waals surface area contributed by atoms with Gasteiger partial charge in [0, 0.05) is 11.6 Å². The minimum Gasteiger partial charge on any atom is -0.322 e. The summed E-state index contributed by atoms with van der Waals surface area (Å²) in [4.78, 5) is 16.3. The molecule has 0 saturated carbocycles. The van der Waals surface area contributed by atoms with Crippen molar-refractivity contribution in [3.05, 3.63) is 53.3 Å². The molecule has 1 amide bonds. The van der Waals surface area contributed by atoms with Crippen LogP contribution in [0.2, 0.25) is 0 Å². The summed E-state index contributed by atoms with van der Waals surface area (Å²) < 4.78 is 2.74. The summed E-state index contributed by atoms with van der Waals surface area (Å²) >= 11 is 2.97. The van der Waals surface area contributed by atoms with Crippen LogP contribution in [0.4, 0.5) is 5.69 Å². The highest BCUT2D eigenvalue weighted by Gasteiger charge is 2.15. The Labute approximate surface area is 142 Å². The Hall–Kier alpha value is -2.12. The molecule has 0 aliphatic rings. The van der Waals surface area contributed by atoms with Gasteiger partial charge < -0.3 is 5.32 Å². The topological polar surface area (TPSA) is 59.8 Å². The Balaban J connectivity index is 1.73. The molecule has 0 aliphatic heterocycles. The van der Waals surface area contributed by atoms with Gasteiger partial charge in [-0.25, -0.2) is 9.67 Å². The molecule has 0 aliphatic carbocycles. The molecule has 118 valence electrons. The van der Waals surface area contributed by atoms with Crippen LogP contribution in [0.1, 0.15) is 11.4 Å². The second-order valence-corrected chi connectivity index (χ2v) is 7.05. The van der Waals surface area contributed by atoms with Crippen molar-refractivity contribution in [3.8, 4) is 5.69 Å². The summed E-state index contributed by atoms with van der Waals surface area (Å²) in [6, 6.07) is 9.88. The minimum absolute atomic E-state index is 0.0518.